The van der Waals surface area contributed by atoms with Crippen LogP contribution < -0.4 is 0 Å². The topological polar surface area (TPSA) is 58.6 Å². The van der Waals surface area contributed by atoms with Crippen molar-refractivity contribution >= 4 is 0 Å². The van der Waals surface area contributed by atoms with Gasteiger partial charge in [0.05, 0.1) is 0 Å². The lowest BCUT2D eigenvalue weighted by Crippen LogP contribution is -2.35. The van der Waals surface area contributed by atoms with E-state index in [1.165, 1.54) is 0 Å². The molecule has 0 heterocycles. The second kappa shape index (κ2) is 3.49. The van der Waals surface area contributed by atoms with Gasteiger partial charge in [0, 0.05) is 6.42 Å². The molecule has 0 bridgehead atoms. The molecule has 0 saturated carbocycles. The van der Waals surface area contributed by atoms with Crippen LogP contribution in [0, 0.1) is 0 Å². The van der Waals surface area contributed by atoms with Crippen molar-refractivity contribution in [2.45, 2.75) is 45.3 Å². The van der Waals surface area contributed by atoms with E-state index in [-0.39, 0.29) is 0 Å². The predicted octanol–water partition coefficient (Wildman–Crippen LogP) is 1.79. The highest BCUT2D eigenvalue weighted by atomic mass is 17.1. The molecule has 0 aliphatic carbocycles. The third-order valence-electron chi connectivity index (χ3n) is 1.32. The van der Waals surface area contributed by atoms with Gasteiger partial charge in [0.15, 0.2) is 0 Å². The van der Waals surface area contributed by atoms with Crippen molar-refractivity contribution in [3.63, 3.8) is 0 Å². The zero-order valence-electron chi connectivity index (χ0n) is 7.38. The second-order valence-corrected chi connectivity index (χ2v) is 3.87. The Hall–Kier alpha value is -0.160. The number of rotatable bonds is 4. The van der Waals surface area contributed by atoms with Crippen LogP contribution in [0.15, 0.2) is 0 Å². The van der Waals surface area contributed by atoms with Crippen LogP contribution in [-0.2, 0) is 15.0 Å². The lowest BCUT2D eigenvalue weighted by molar-refractivity contribution is -0.386. The van der Waals surface area contributed by atoms with Crippen LogP contribution in [0.1, 0.15) is 34.1 Å². The van der Waals surface area contributed by atoms with Crippen LogP contribution >= 0.6 is 0 Å². The van der Waals surface area contributed by atoms with Gasteiger partial charge in [-0.05, 0) is 33.0 Å². The van der Waals surface area contributed by atoms with Crippen LogP contribution in [0.4, 0.5) is 0 Å². The Morgan fingerprint density at radius 1 is 1.18 bits per heavy atom. The lowest BCUT2D eigenvalue weighted by atomic mass is 9.93. The summed E-state index contributed by atoms with van der Waals surface area (Å²) < 4.78 is 0. The zero-order valence-corrected chi connectivity index (χ0v) is 7.38. The summed E-state index contributed by atoms with van der Waals surface area (Å²) in [5, 5.41) is 18.5. The molecule has 0 aromatic heterocycles. The molecule has 0 aromatic rings. The van der Waals surface area contributed by atoms with Crippen LogP contribution in [0.25, 0.3) is 0 Å². The van der Waals surface area contributed by atoms with Crippen molar-refractivity contribution < 1.29 is 20.3 Å². The Morgan fingerprint density at radius 3 is 1.91 bits per heavy atom. The largest absolute Gasteiger partial charge is 0.251 e. The molecule has 67 valence electrons. The van der Waals surface area contributed by atoms with E-state index in [1.54, 1.807) is 27.7 Å². The first kappa shape index (κ1) is 10.8. The van der Waals surface area contributed by atoms with Crippen LogP contribution in [-0.4, -0.2) is 16.5 Å². The molecule has 0 unspecified atom stereocenters. The summed E-state index contributed by atoms with van der Waals surface area (Å²) in [6.45, 7) is 6.63. The maximum Gasteiger partial charge on any atom is 0.104 e. The van der Waals surface area contributed by atoms with Gasteiger partial charge in [-0.15, -0.1) is 0 Å². The van der Waals surface area contributed by atoms with Gasteiger partial charge in [-0.3, -0.25) is 5.26 Å². The van der Waals surface area contributed by atoms with Gasteiger partial charge in [0.25, 0.3) is 0 Å². The normalized spacial score (nSPS) is 13.6. The Labute approximate surface area is 66.6 Å². The molecule has 0 aliphatic heterocycles. The van der Waals surface area contributed by atoms with Gasteiger partial charge in [-0.2, -0.15) is 4.89 Å². The summed E-state index contributed by atoms with van der Waals surface area (Å²) in [6.07, 6.45) is 0.333. The quantitative estimate of drug-likeness (QED) is 0.507. The SMILES string of the molecule is CC(C)(CC(C)(C)OO)O[O]. The van der Waals surface area contributed by atoms with E-state index in [1.807, 2.05) is 0 Å². The molecule has 1 radical (unpaired) electrons. The molecule has 0 spiro atoms. The van der Waals surface area contributed by atoms with E-state index in [0.717, 1.165) is 0 Å². The average Bonchev–Trinajstić information content (AvgIpc) is 1.86. The summed E-state index contributed by atoms with van der Waals surface area (Å²) >= 11 is 0. The molecule has 0 rings (SSSR count). The summed E-state index contributed by atoms with van der Waals surface area (Å²) in [5.41, 5.74) is -1.56. The summed E-state index contributed by atoms with van der Waals surface area (Å²) in [4.78, 5) is 8.09. The van der Waals surface area contributed by atoms with E-state index in [4.69, 9.17) is 5.26 Å². The van der Waals surface area contributed by atoms with Gasteiger partial charge < -0.3 is 0 Å². The third kappa shape index (κ3) is 4.31. The summed E-state index contributed by atoms with van der Waals surface area (Å²) in [6, 6.07) is 0. The molecular weight excluding hydrogens is 148 g/mol. The van der Waals surface area contributed by atoms with Crippen LogP contribution in [0.3, 0.4) is 0 Å². The van der Waals surface area contributed by atoms with Gasteiger partial charge in [-0.25, -0.2) is 4.89 Å². The molecule has 0 fully saturated rings. The predicted molar refractivity (Wildman–Crippen MR) is 38.3 cm³/mol. The second-order valence-electron chi connectivity index (χ2n) is 3.87. The van der Waals surface area contributed by atoms with Crippen molar-refractivity contribution in [3.8, 4) is 0 Å². The fourth-order valence-corrected chi connectivity index (χ4v) is 1.09. The highest BCUT2D eigenvalue weighted by Crippen LogP contribution is 2.24. The molecule has 1 N–H and O–H groups in total. The van der Waals surface area contributed by atoms with E-state index in [2.05, 4.69) is 9.78 Å². The Kier molecular flexibility index (Phi) is 3.44. The van der Waals surface area contributed by atoms with E-state index < -0.39 is 11.2 Å². The Balaban J connectivity index is 4.02. The molecule has 0 aliphatic rings. The average molecular weight is 163 g/mol. The maximum absolute atomic E-state index is 10.1. The fraction of sp³-hybridized carbons (Fsp3) is 1.00. The van der Waals surface area contributed by atoms with Crippen LogP contribution in [0.5, 0.6) is 0 Å². The van der Waals surface area contributed by atoms with Crippen molar-refractivity contribution in [1.29, 1.82) is 0 Å². The first-order valence-electron chi connectivity index (χ1n) is 3.46. The zero-order chi connectivity index (χ0) is 9.12. The molecule has 11 heavy (non-hydrogen) atoms. The summed E-state index contributed by atoms with van der Waals surface area (Å²) in [7, 11) is 0. The van der Waals surface area contributed by atoms with Crippen molar-refractivity contribution in [2.24, 2.45) is 0 Å². The molecular formula is C7H15O4. The first-order chi connectivity index (χ1) is 4.83. The summed E-state index contributed by atoms with van der Waals surface area (Å²) in [5.74, 6) is 0. The van der Waals surface area contributed by atoms with Gasteiger partial charge in [0.1, 0.15) is 11.2 Å². The minimum absolute atomic E-state index is 0.333. The fourth-order valence-electron chi connectivity index (χ4n) is 1.09. The standard InChI is InChI=1S/C7H15O4/c1-6(2,10-8)5-7(3,4)11-9/h8H,5H2,1-4H3. The van der Waals surface area contributed by atoms with E-state index >= 15 is 0 Å². The van der Waals surface area contributed by atoms with Gasteiger partial charge in [0.2, 0.25) is 0 Å². The molecule has 0 atom stereocenters. The van der Waals surface area contributed by atoms with E-state index in [9.17, 15) is 5.26 Å². The molecule has 4 heteroatoms. The Morgan fingerprint density at radius 2 is 1.64 bits per heavy atom. The molecule has 0 amide bonds. The highest BCUT2D eigenvalue weighted by molar-refractivity contribution is 4.78. The van der Waals surface area contributed by atoms with Crippen molar-refractivity contribution in [3.05, 3.63) is 0 Å². The molecule has 0 saturated heterocycles. The molecule has 4 nitrogen and oxygen atoms in total. The minimum Gasteiger partial charge on any atom is -0.251 e. The van der Waals surface area contributed by atoms with Crippen molar-refractivity contribution in [2.75, 3.05) is 0 Å². The lowest BCUT2D eigenvalue weighted by Gasteiger charge is -2.28. The smallest absolute Gasteiger partial charge is 0.104 e. The van der Waals surface area contributed by atoms with Crippen LogP contribution in [0.2, 0.25) is 0 Å². The Bertz CT molecular complexity index is 106. The highest BCUT2D eigenvalue weighted by Gasteiger charge is 2.31. The minimum atomic E-state index is -0.813. The monoisotopic (exact) mass is 163 g/mol. The number of hydrogen-bond acceptors (Lipinski definition) is 3. The number of hydrogen-bond donors (Lipinski definition) is 1. The molecule has 0 aromatic carbocycles. The third-order valence-corrected chi connectivity index (χ3v) is 1.32. The maximum atomic E-state index is 10.1. The van der Waals surface area contributed by atoms with Crippen molar-refractivity contribution in [1.82, 2.24) is 0 Å². The van der Waals surface area contributed by atoms with E-state index in [0.29, 0.717) is 6.42 Å². The van der Waals surface area contributed by atoms with Gasteiger partial charge >= 0.3 is 0 Å². The first-order valence-corrected chi connectivity index (χ1v) is 3.46. The van der Waals surface area contributed by atoms with Gasteiger partial charge in [-0.1, -0.05) is 0 Å².